The van der Waals surface area contributed by atoms with Crippen LogP contribution in [0, 0.1) is 0 Å². The van der Waals surface area contributed by atoms with E-state index in [1.165, 1.54) is 0 Å². The summed E-state index contributed by atoms with van der Waals surface area (Å²) in [5.41, 5.74) is 0. The van der Waals surface area contributed by atoms with Crippen molar-refractivity contribution in [3.05, 3.63) is 0 Å². The molecule has 0 aliphatic carbocycles. The van der Waals surface area contributed by atoms with Gasteiger partial charge in [-0.25, -0.2) is 39.1 Å². The third-order valence-electron chi connectivity index (χ3n) is 2.21. The summed E-state index contributed by atoms with van der Waals surface area (Å²) >= 11 is 0. The predicted octanol–water partition coefficient (Wildman–Crippen LogP) is 1.08. The summed E-state index contributed by atoms with van der Waals surface area (Å²) in [6, 6.07) is 0. The van der Waals surface area contributed by atoms with E-state index in [0.29, 0.717) is 52.9 Å². The van der Waals surface area contributed by atoms with Crippen LogP contribution in [0.25, 0.3) is 0 Å². The highest BCUT2D eigenvalue weighted by molar-refractivity contribution is 4.29. The molecule has 4 heterocycles. The summed E-state index contributed by atoms with van der Waals surface area (Å²) in [7, 11) is 0. The average molecular weight is 360 g/mol. The molecule has 144 valence electrons. The average Bonchev–Trinajstić information content (AvgIpc) is 2.75. The summed E-state index contributed by atoms with van der Waals surface area (Å²) in [5.74, 6) is 0. The predicted molar refractivity (Wildman–Crippen MR) is 70.4 cm³/mol. The van der Waals surface area contributed by atoms with Gasteiger partial charge in [-0.05, 0) is 0 Å². The van der Waals surface area contributed by atoms with E-state index in [0.717, 1.165) is 25.7 Å². The SMILES string of the molecule is C1COOOC1.C1COOOC1.C1COOOC1.C1COOOC1. The highest BCUT2D eigenvalue weighted by Crippen LogP contribution is 1.95. The van der Waals surface area contributed by atoms with Crippen LogP contribution in [0.3, 0.4) is 0 Å². The third-order valence-corrected chi connectivity index (χ3v) is 2.21. The van der Waals surface area contributed by atoms with Gasteiger partial charge in [0.25, 0.3) is 0 Å². The Hall–Kier alpha value is -0.480. The van der Waals surface area contributed by atoms with Crippen molar-refractivity contribution in [2.75, 3.05) is 52.9 Å². The van der Waals surface area contributed by atoms with Crippen molar-refractivity contribution >= 4 is 0 Å². The second-order valence-electron chi connectivity index (χ2n) is 4.26. The van der Waals surface area contributed by atoms with Gasteiger partial charge in [-0.3, -0.25) is 0 Å². The lowest BCUT2D eigenvalue weighted by molar-refractivity contribution is -0.532. The normalized spacial score (nSPS) is 24.0. The molecule has 4 aliphatic heterocycles. The molecule has 24 heavy (non-hydrogen) atoms. The van der Waals surface area contributed by atoms with Gasteiger partial charge in [-0.15, -0.1) is 0 Å². The molecule has 0 bridgehead atoms. The van der Waals surface area contributed by atoms with E-state index in [1.807, 2.05) is 0 Å². The lowest BCUT2D eigenvalue weighted by Gasteiger charge is -2.06. The first kappa shape index (κ1) is 21.6. The van der Waals surface area contributed by atoms with E-state index in [1.54, 1.807) is 0 Å². The maximum absolute atomic E-state index is 4.35. The first-order valence-corrected chi connectivity index (χ1v) is 7.64. The van der Waals surface area contributed by atoms with Gasteiger partial charge in [-0.1, -0.05) is 20.2 Å². The molecule has 0 aromatic heterocycles. The van der Waals surface area contributed by atoms with Crippen LogP contribution >= 0.6 is 0 Å². The molecule has 0 aromatic carbocycles. The minimum absolute atomic E-state index is 0.653. The minimum atomic E-state index is 0.653. The molecule has 4 rings (SSSR count). The molecule has 4 aliphatic rings. The quantitative estimate of drug-likeness (QED) is 0.576. The van der Waals surface area contributed by atoms with Crippen LogP contribution in [0.2, 0.25) is 0 Å². The minimum Gasteiger partial charge on any atom is -0.206 e. The van der Waals surface area contributed by atoms with E-state index in [2.05, 4.69) is 59.3 Å². The number of hydrogen-bond acceptors (Lipinski definition) is 12. The van der Waals surface area contributed by atoms with E-state index in [9.17, 15) is 0 Å². The monoisotopic (exact) mass is 360 g/mol. The molecule has 0 aromatic rings. The van der Waals surface area contributed by atoms with Gasteiger partial charge < -0.3 is 0 Å². The standard InChI is InChI=1S/4C3H6O3/c4*1-2-4-6-5-3-1/h4*1-3H2. The van der Waals surface area contributed by atoms with Gasteiger partial charge in [0.15, 0.2) is 0 Å². The molecule has 0 saturated carbocycles. The second-order valence-corrected chi connectivity index (χ2v) is 4.26. The summed E-state index contributed by atoms with van der Waals surface area (Å²) in [6.07, 6.45) is 3.72. The number of hydrogen-bond donors (Lipinski definition) is 0. The van der Waals surface area contributed by atoms with Crippen molar-refractivity contribution in [1.82, 2.24) is 0 Å². The van der Waals surface area contributed by atoms with Gasteiger partial charge in [0, 0.05) is 25.7 Å². The molecular formula is C12H24O12. The van der Waals surface area contributed by atoms with Gasteiger partial charge in [0.2, 0.25) is 0 Å². The van der Waals surface area contributed by atoms with Crippen LogP contribution in [0.1, 0.15) is 25.7 Å². The Morgan fingerprint density at radius 3 is 0.458 bits per heavy atom. The molecule has 0 spiro atoms. The number of rotatable bonds is 0. The van der Waals surface area contributed by atoms with Gasteiger partial charge in [0.05, 0.1) is 52.9 Å². The first-order valence-electron chi connectivity index (χ1n) is 7.64. The molecule has 12 nitrogen and oxygen atoms in total. The van der Waals surface area contributed by atoms with Crippen LogP contribution in [-0.4, -0.2) is 52.9 Å². The molecular weight excluding hydrogens is 336 g/mol. The van der Waals surface area contributed by atoms with Gasteiger partial charge in [0.1, 0.15) is 0 Å². The second kappa shape index (κ2) is 18.9. The summed E-state index contributed by atoms with van der Waals surface area (Å²) in [4.78, 5) is 34.8. The van der Waals surface area contributed by atoms with Gasteiger partial charge in [-0.2, -0.15) is 0 Å². The Bertz CT molecular complexity index is 134. The lowest BCUT2D eigenvalue weighted by Crippen LogP contribution is -2.08. The largest absolute Gasteiger partial charge is 0.206 e. The van der Waals surface area contributed by atoms with Crippen molar-refractivity contribution in [1.29, 1.82) is 0 Å². The molecule has 4 fully saturated rings. The van der Waals surface area contributed by atoms with E-state index >= 15 is 0 Å². The molecule has 12 heteroatoms. The van der Waals surface area contributed by atoms with Crippen LogP contribution in [-0.2, 0) is 59.3 Å². The van der Waals surface area contributed by atoms with E-state index in [4.69, 9.17) is 0 Å². The first-order chi connectivity index (χ1) is 12.0. The van der Waals surface area contributed by atoms with Crippen molar-refractivity contribution in [3.63, 3.8) is 0 Å². The van der Waals surface area contributed by atoms with Crippen LogP contribution < -0.4 is 0 Å². The molecule has 0 radical (unpaired) electrons. The Morgan fingerprint density at radius 2 is 0.417 bits per heavy atom. The molecule has 0 atom stereocenters. The van der Waals surface area contributed by atoms with Crippen LogP contribution in [0.15, 0.2) is 0 Å². The van der Waals surface area contributed by atoms with Crippen molar-refractivity contribution in [2.45, 2.75) is 25.7 Å². The highest BCUT2D eigenvalue weighted by Gasteiger charge is 1.98. The molecule has 0 unspecified atom stereocenters. The van der Waals surface area contributed by atoms with E-state index in [-0.39, 0.29) is 0 Å². The van der Waals surface area contributed by atoms with E-state index < -0.39 is 0 Å². The maximum atomic E-state index is 4.35. The fourth-order valence-corrected chi connectivity index (χ4v) is 1.12. The Balaban J connectivity index is 0.000000160. The Labute approximate surface area is 139 Å². The highest BCUT2D eigenvalue weighted by atomic mass is 17.5. The molecule has 0 amide bonds. The Kier molecular flexibility index (Phi) is 16.9. The summed E-state index contributed by atoms with van der Waals surface area (Å²) in [6.45, 7) is 5.22. The fourth-order valence-electron chi connectivity index (χ4n) is 1.12. The van der Waals surface area contributed by atoms with Crippen LogP contribution in [0.4, 0.5) is 0 Å². The molecule has 0 N–H and O–H groups in total. The Morgan fingerprint density at radius 1 is 0.250 bits per heavy atom. The molecule has 4 saturated heterocycles. The fraction of sp³-hybridized carbons (Fsp3) is 1.00. The van der Waals surface area contributed by atoms with Crippen LogP contribution in [0.5, 0.6) is 0 Å². The zero-order valence-corrected chi connectivity index (χ0v) is 13.4. The zero-order chi connectivity index (χ0) is 17.0. The smallest absolute Gasteiger partial charge is 0.0877 e. The van der Waals surface area contributed by atoms with Gasteiger partial charge >= 0.3 is 0 Å². The third kappa shape index (κ3) is 16.4. The maximum Gasteiger partial charge on any atom is 0.0877 e. The summed E-state index contributed by atoms with van der Waals surface area (Å²) < 4.78 is 0. The van der Waals surface area contributed by atoms with Crippen molar-refractivity contribution < 1.29 is 59.3 Å². The zero-order valence-electron chi connectivity index (χ0n) is 13.4. The topological polar surface area (TPSA) is 111 Å². The van der Waals surface area contributed by atoms with Crippen molar-refractivity contribution in [2.24, 2.45) is 0 Å². The lowest BCUT2D eigenvalue weighted by atomic mass is 10.5. The van der Waals surface area contributed by atoms with Crippen molar-refractivity contribution in [3.8, 4) is 0 Å². The summed E-state index contributed by atoms with van der Waals surface area (Å²) in [5, 5.41) is 16.3.